The van der Waals surface area contributed by atoms with E-state index in [1.807, 2.05) is 30.3 Å². The van der Waals surface area contributed by atoms with E-state index in [9.17, 15) is 19.2 Å². The first-order chi connectivity index (χ1) is 20.0. The van der Waals surface area contributed by atoms with E-state index < -0.39 is 23.6 Å². The van der Waals surface area contributed by atoms with Crippen LogP contribution in [0.5, 0.6) is 5.75 Å². The van der Waals surface area contributed by atoms with Gasteiger partial charge in [-0.1, -0.05) is 36.4 Å². The van der Waals surface area contributed by atoms with E-state index in [1.165, 1.54) is 6.08 Å². The maximum atomic E-state index is 13.0. The number of morpholine rings is 1. The summed E-state index contributed by atoms with van der Waals surface area (Å²) < 4.78 is 11.1. The zero-order valence-corrected chi connectivity index (χ0v) is 22.9. The van der Waals surface area contributed by atoms with Crippen LogP contribution in [0.2, 0.25) is 0 Å². The number of thioether (sulfide) groups is 1. The summed E-state index contributed by atoms with van der Waals surface area (Å²) in [6, 6.07) is 23.3. The molecule has 0 radical (unpaired) electrons. The van der Waals surface area contributed by atoms with Gasteiger partial charge in [-0.3, -0.25) is 24.1 Å². The number of nitrogens with zero attached hydrogens (tertiary/aromatic N) is 2. The molecule has 2 N–H and O–H groups in total. The van der Waals surface area contributed by atoms with E-state index in [2.05, 4.69) is 15.5 Å². The molecule has 0 aromatic heterocycles. The Morgan fingerprint density at radius 2 is 1.51 bits per heavy atom. The molecular formula is C30H28N4O6S. The second kappa shape index (κ2) is 13.2. The Hall–Kier alpha value is -4.61. The zero-order valence-electron chi connectivity index (χ0n) is 22.1. The van der Waals surface area contributed by atoms with Crippen LogP contribution in [0.4, 0.5) is 21.9 Å². The fourth-order valence-corrected chi connectivity index (χ4v) is 5.12. The summed E-state index contributed by atoms with van der Waals surface area (Å²) in [6.45, 7) is 2.31. The molecule has 2 aliphatic rings. The molecule has 41 heavy (non-hydrogen) atoms. The number of carbonyl (C=O) groups excluding carboxylic acids is 4. The molecule has 2 aliphatic heterocycles. The third-order valence-corrected chi connectivity index (χ3v) is 7.23. The molecule has 0 unspecified atom stereocenters. The van der Waals surface area contributed by atoms with Gasteiger partial charge in [0.2, 0.25) is 5.91 Å². The minimum absolute atomic E-state index is 0.155. The predicted octanol–water partition coefficient (Wildman–Crippen LogP) is 4.22. The molecular weight excluding hydrogens is 544 g/mol. The average molecular weight is 573 g/mol. The van der Waals surface area contributed by atoms with Gasteiger partial charge in [-0.15, -0.1) is 0 Å². The van der Waals surface area contributed by atoms with Crippen molar-refractivity contribution >= 4 is 57.9 Å². The van der Waals surface area contributed by atoms with Crippen LogP contribution in [0.1, 0.15) is 5.56 Å². The first-order valence-electron chi connectivity index (χ1n) is 13.0. The summed E-state index contributed by atoms with van der Waals surface area (Å²) in [7, 11) is 0. The summed E-state index contributed by atoms with van der Waals surface area (Å²) in [6.07, 6.45) is 1.53. The molecule has 10 nitrogen and oxygen atoms in total. The highest BCUT2D eigenvalue weighted by Gasteiger charge is 2.36. The van der Waals surface area contributed by atoms with Gasteiger partial charge in [0.1, 0.15) is 12.3 Å². The number of rotatable bonds is 9. The van der Waals surface area contributed by atoms with Crippen molar-refractivity contribution in [1.82, 2.24) is 4.90 Å². The van der Waals surface area contributed by atoms with E-state index in [0.717, 1.165) is 35.4 Å². The Kier molecular flexibility index (Phi) is 8.97. The van der Waals surface area contributed by atoms with Gasteiger partial charge in [-0.05, 0) is 60.3 Å². The topological polar surface area (TPSA) is 117 Å². The van der Waals surface area contributed by atoms with Crippen molar-refractivity contribution in [3.05, 3.63) is 89.3 Å². The summed E-state index contributed by atoms with van der Waals surface area (Å²) >= 11 is 0.746. The van der Waals surface area contributed by atoms with Crippen molar-refractivity contribution in [2.45, 2.75) is 0 Å². The van der Waals surface area contributed by atoms with Crippen LogP contribution < -0.4 is 20.3 Å². The Morgan fingerprint density at radius 3 is 2.27 bits per heavy atom. The molecule has 0 bridgehead atoms. The average Bonchev–Trinajstić information content (AvgIpc) is 3.25. The number of hydrogen-bond donors (Lipinski definition) is 2. The highest BCUT2D eigenvalue weighted by Crippen LogP contribution is 2.34. The van der Waals surface area contributed by atoms with Crippen LogP contribution in [-0.4, -0.2) is 67.3 Å². The molecule has 2 heterocycles. The quantitative estimate of drug-likeness (QED) is 0.366. The summed E-state index contributed by atoms with van der Waals surface area (Å²) in [5.74, 6) is -1.02. The van der Waals surface area contributed by atoms with Gasteiger partial charge in [-0.2, -0.15) is 0 Å². The molecule has 0 atom stereocenters. The molecule has 210 valence electrons. The van der Waals surface area contributed by atoms with Gasteiger partial charge < -0.3 is 25.0 Å². The van der Waals surface area contributed by atoms with Gasteiger partial charge in [0.15, 0.2) is 6.61 Å². The SMILES string of the molecule is O=C(COc1ccccc1/C=C1/SC(=O)N(CC(=O)Nc2ccc(N3CCOCC3)cc2)C1=O)Nc1ccccc1. The molecule has 2 fully saturated rings. The summed E-state index contributed by atoms with van der Waals surface area (Å²) in [5, 5.41) is 4.94. The number of hydrogen-bond acceptors (Lipinski definition) is 8. The molecule has 4 amide bonds. The molecule has 5 rings (SSSR count). The van der Waals surface area contributed by atoms with Gasteiger partial charge in [-0.25, -0.2) is 0 Å². The number of anilines is 3. The lowest BCUT2D eigenvalue weighted by Crippen LogP contribution is -2.36. The van der Waals surface area contributed by atoms with Crippen molar-refractivity contribution in [2.75, 3.05) is 55.0 Å². The molecule has 0 saturated carbocycles. The number of nitrogens with one attached hydrogen (secondary N) is 2. The number of carbonyl (C=O) groups is 4. The predicted molar refractivity (Wildman–Crippen MR) is 158 cm³/mol. The molecule has 2 saturated heterocycles. The first-order valence-corrected chi connectivity index (χ1v) is 13.8. The monoisotopic (exact) mass is 572 g/mol. The standard InChI is InChI=1S/C30H28N4O6S/c35-27(31-23-10-12-24(13-11-23)33-14-16-39-17-15-33)19-34-29(37)26(41-30(34)38)18-21-6-4-5-9-25(21)40-20-28(36)32-22-7-2-1-3-8-22/h1-13,18H,14-17,19-20H2,(H,31,35)(H,32,36)/b26-18+. The maximum Gasteiger partial charge on any atom is 0.294 e. The normalized spacial score (nSPS) is 16.1. The fraction of sp³-hybridized carbons (Fsp3) is 0.200. The Labute approximate surface area is 241 Å². The summed E-state index contributed by atoms with van der Waals surface area (Å²) in [5.41, 5.74) is 2.77. The number of ether oxygens (including phenoxy) is 2. The van der Waals surface area contributed by atoms with E-state index >= 15 is 0 Å². The number of benzene rings is 3. The smallest absolute Gasteiger partial charge is 0.294 e. The van der Waals surface area contributed by atoms with Crippen LogP contribution in [0.25, 0.3) is 6.08 Å². The lowest BCUT2D eigenvalue weighted by molar-refractivity contribution is -0.127. The summed E-state index contributed by atoms with van der Waals surface area (Å²) in [4.78, 5) is 53.9. The van der Waals surface area contributed by atoms with E-state index in [-0.39, 0.29) is 17.4 Å². The van der Waals surface area contributed by atoms with Crippen LogP contribution in [0.3, 0.4) is 0 Å². The highest BCUT2D eigenvalue weighted by atomic mass is 32.2. The third-order valence-electron chi connectivity index (χ3n) is 6.32. The number of amides is 4. The molecule has 3 aromatic rings. The molecule has 11 heteroatoms. The van der Waals surface area contributed by atoms with Crippen molar-refractivity contribution in [3.8, 4) is 5.75 Å². The van der Waals surface area contributed by atoms with E-state index in [0.29, 0.717) is 35.9 Å². The van der Waals surface area contributed by atoms with Crippen molar-refractivity contribution < 1.29 is 28.7 Å². The number of imide groups is 1. The Morgan fingerprint density at radius 1 is 0.854 bits per heavy atom. The van der Waals surface area contributed by atoms with Gasteiger partial charge >= 0.3 is 0 Å². The van der Waals surface area contributed by atoms with Crippen molar-refractivity contribution in [2.24, 2.45) is 0 Å². The van der Waals surface area contributed by atoms with E-state index in [1.54, 1.807) is 48.5 Å². The van der Waals surface area contributed by atoms with Crippen LogP contribution >= 0.6 is 11.8 Å². The highest BCUT2D eigenvalue weighted by molar-refractivity contribution is 8.18. The minimum atomic E-state index is -0.575. The van der Waals surface area contributed by atoms with Gasteiger partial charge in [0, 0.05) is 35.7 Å². The lowest BCUT2D eigenvalue weighted by Gasteiger charge is -2.28. The second-order valence-corrected chi connectivity index (χ2v) is 10.2. The van der Waals surface area contributed by atoms with E-state index in [4.69, 9.17) is 9.47 Å². The fourth-order valence-electron chi connectivity index (χ4n) is 4.29. The van der Waals surface area contributed by atoms with Crippen LogP contribution in [0, 0.1) is 0 Å². The maximum absolute atomic E-state index is 13.0. The lowest BCUT2D eigenvalue weighted by atomic mass is 10.2. The Balaban J connectivity index is 1.18. The van der Waals surface area contributed by atoms with Crippen LogP contribution in [-0.2, 0) is 19.1 Å². The van der Waals surface area contributed by atoms with Crippen LogP contribution in [0.15, 0.2) is 83.8 Å². The van der Waals surface area contributed by atoms with Gasteiger partial charge in [0.25, 0.3) is 17.1 Å². The van der Waals surface area contributed by atoms with Crippen molar-refractivity contribution in [3.63, 3.8) is 0 Å². The molecule has 0 aliphatic carbocycles. The van der Waals surface area contributed by atoms with Gasteiger partial charge in [0.05, 0.1) is 18.1 Å². The third kappa shape index (κ3) is 7.33. The molecule has 0 spiro atoms. The second-order valence-electron chi connectivity index (χ2n) is 9.20. The number of para-hydroxylation sites is 2. The van der Waals surface area contributed by atoms with Crippen molar-refractivity contribution in [1.29, 1.82) is 0 Å². The Bertz CT molecular complexity index is 1460. The largest absolute Gasteiger partial charge is 0.483 e. The zero-order chi connectivity index (χ0) is 28.6. The first kappa shape index (κ1) is 27.9. The molecule has 3 aromatic carbocycles. The minimum Gasteiger partial charge on any atom is -0.483 e.